The molecule has 0 aliphatic heterocycles. The van der Waals surface area contributed by atoms with Crippen LogP contribution in [0.4, 0.5) is 17.1 Å². The highest BCUT2D eigenvalue weighted by Gasteiger charge is 2.24. The summed E-state index contributed by atoms with van der Waals surface area (Å²) in [7, 11) is 0. The van der Waals surface area contributed by atoms with Crippen molar-refractivity contribution in [3.05, 3.63) is 182 Å². The number of para-hydroxylation sites is 6. The van der Waals surface area contributed by atoms with Gasteiger partial charge in [0.25, 0.3) is 0 Å². The zero-order valence-corrected chi connectivity index (χ0v) is 26.6. The van der Waals surface area contributed by atoms with Crippen LogP contribution < -0.4 is 4.90 Å². The minimum atomic E-state index is 0.885. The largest absolute Gasteiger partial charge is 0.455 e. The number of nitrogens with zero attached hydrogens (tertiary/aromatic N) is 2. The monoisotopic (exact) mass is 626 g/mol. The van der Waals surface area contributed by atoms with Crippen molar-refractivity contribution >= 4 is 71.6 Å². The molecule has 0 bridgehead atoms. The number of rotatable bonds is 5. The van der Waals surface area contributed by atoms with E-state index in [0.29, 0.717) is 0 Å². The lowest BCUT2D eigenvalue weighted by Crippen LogP contribution is -2.14. The summed E-state index contributed by atoms with van der Waals surface area (Å²) in [5.74, 6) is 0. The van der Waals surface area contributed by atoms with Crippen LogP contribution in [0.2, 0.25) is 0 Å². The Morgan fingerprint density at radius 3 is 1.82 bits per heavy atom. The van der Waals surface area contributed by atoms with E-state index in [1.807, 2.05) is 0 Å². The van der Waals surface area contributed by atoms with E-state index in [4.69, 9.17) is 4.42 Å². The van der Waals surface area contributed by atoms with Gasteiger partial charge in [0.1, 0.15) is 11.2 Å². The molecular formula is C46H30N2O. The molecule has 0 saturated carbocycles. The van der Waals surface area contributed by atoms with E-state index in [0.717, 1.165) is 61.2 Å². The molecule has 0 atom stereocenters. The number of hydrogen-bond donors (Lipinski definition) is 0. The van der Waals surface area contributed by atoms with Crippen LogP contribution in [0.5, 0.6) is 0 Å². The molecular weight excluding hydrogens is 597 g/mol. The summed E-state index contributed by atoms with van der Waals surface area (Å²) < 4.78 is 9.04. The molecule has 10 rings (SSSR count). The van der Waals surface area contributed by atoms with Crippen LogP contribution in [0, 0.1) is 0 Å². The number of fused-ring (bicyclic) bond motifs is 8. The molecule has 0 N–H and O–H groups in total. The van der Waals surface area contributed by atoms with Gasteiger partial charge in [0.05, 0.1) is 28.1 Å². The molecule has 2 heterocycles. The first kappa shape index (κ1) is 27.5. The third-order valence-corrected chi connectivity index (χ3v) is 9.78. The Labute approximate surface area is 283 Å². The molecule has 49 heavy (non-hydrogen) atoms. The van der Waals surface area contributed by atoms with Crippen LogP contribution in [0.25, 0.3) is 71.3 Å². The first-order chi connectivity index (χ1) is 24.3. The Bertz CT molecular complexity index is 2790. The molecule has 10 aromatic rings. The van der Waals surface area contributed by atoms with Crippen molar-refractivity contribution in [3.8, 4) is 16.8 Å². The maximum absolute atomic E-state index is 6.63. The Morgan fingerprint density at radius 1 is 0.408 bits per heavy atom. The van der Waals surface area contributed by atoms with E-state index in [1.165, 1.54) is 27.2 Å². The van der Waals surface area contributed by atoms with Crippen LogP contribution in [0.15, 0.2) is 186 Å². The van der Waals surface area contributed by atoms with E-state index < -0.39 is 0 Å². The molecule has 230 valence electrons. The van der Waals surface area contributed by atoms with Crippen LogP contribution in [0.3, 0.4) is 0 Å². The predicted molar refractivity (Wildman–Crippen MR) is 206 cm³/mol. The number of furan rings is 1. The topological polar surface area (TPSA) is 21.3 Å². The van der Waals surface area contributed by atoms with Gasteiger partial charge in [-0.3, -0.25) is 0 Å². The molecule has 0 saturated heterocycles. The fourth-order valence-electron chi connectivity index (χ4n) is 7.68. The molecule has 0 spiro atoms. The highest BCUT2D eigenvalue weighted by atomic mass is 16.3. The first-order valence-electron chi connectivity index (χ1n) is 16.7. The lowest BCUT2D eigenvalue weighted by Gasteiger charge is -2.30. The van der Waals surface area contributed by atoms with Gasteiger partial charge in [-0.2, -0.15) is 0 Å². The van der Waals surface area contributed by atoms with Gasteiger partial charge in [-0.25, -0.2) is 0 Å². The Balaban J connectivity index is 1.26. The van der Waals surface area contributed by atoms with Crippen LogP contribution in [-0.2, 0) is 0 Å². The van der Waals surface area contributed by atoms with Crippen LogP contribution in [0.1, 0.15) is 0 Å². The normalized spacial score (nSPS) is 11.7. The minimum Gasteiger partial charge on any atom is -0.455 e. The standard InChI is InChI=1S/C46H30N2O/c1-2-16-32(17-3-1)47(42-26-12-13-27-43(42)48-40-24-10-6-19-34(40)35-20-7-11-25-41(35)48)39-23-9-8-21-36(39)37-22-14-28-44-45(37)38-30-29-31-15-4-5-18-33(31)46(38)49-44/h1-30H. The maximum Gasteiger partial charge on any atom is 0.143 e. The molecule has 8 aromatic carbocycles. The van der Waals surface area contributed by atoms with Gasteiger partial charge in [-0.1, -0.05) is 127 Å². The van der Waals surface area contributed by atoms with E-state index >= 15 is 0 Å². The van der Waals surface area contributed by atoms with Crippen molar-refractivity contribution in [1.82, 2.24) is 4.57 Å². The fourth-order valence-corrected chi connectivity index (χ4v) is 7.68. The van der Waals surface area contributed by atoms with E-state index in [2.05, 4.69) is 191 Å². The number of aromatic nitrogens is 1. The second kappa shape index (κ2) is 11.0. The van der Waals surface area contributed by atoms with Gasteiger partial charge < -0.3 is 13.9 Å². The van der Waals surface area contributed by atoms with Gasteiger partial charge >= 0.3 is 0 Å². The van der Waals surface area contributed by atoms with Crippen molar-refractivity contribution in [3.63, 3.8) is 0 Å². The molecule has 0 aliphatic carbocycles. The van der Waals surface area contributed by atoms with Crippen molar-refractivity contribution < 1.29 is 4.42 Å². The molecule has 3 heteroatoms. The lowest BCUT2D eigenvalue weighted by atomic mass is 9.96. The summed E-state index contributed by atoms with van der Waals surface area (Å²) in [5.41, 5.74) is 10.8. The molecule has 0 radical (unpaired) electrons. The predicted octanol–water partition coefficient (Wildman–Crippen LogP) is 13.0. The molecule has 2 aromatic heterocycles. The van der Waals surface area contributed by atoms with Gasteiger partial charge in [-0.05, 0) is 65.5 Å². The third kappa shape index (κ3) is 4.23. The fraction of sp³-hybridized carbons (Fsp3) is 0. The Morgan fingerprint density at radius 2 is 1.02 bits per heavy atom. The summed E-state index contributed by atoms with van der Waals surface area (Å²) in [6.07, 6.45) is 0. The quantitative estimate of drug-likeness (QED) is 0.190. The molecule has 0 amide bonds. The highest BCUT2D eigenvalue weighted by molar-refractivity contribution is 6.20. The van der Waals surface area contributed by atoms with Crippen molar-refractivity contribution in [2.24, 2.45) is 0 Å². The summed E-state index contributed by atoms with van der Waals surface area (Å²) in [5, 5.41) is 7.03. The summed E-state index contributed by atoms with van der Waals surface area (Å²) in [4.78, 5) is 2.41. The molecule has 0 unspecified atom stereocenters. The molecule has 0 fully saturated rings. The van der Waals surface area contributed by atoms with Gasteiger partial charge in [0, 0.05) is 38.2 Å². The second-order valence-corrected chi connectivity index (χ2v) is 12.5. The minimum absolute atomic E-state index is 0.885. The summed E-state index contributed by atoms with van der Waals surface area (Å²) in [6.45, 7) is 0. The second-order valence-electron chi connectivity index (χ2n) is 12.5. The van der Waals surface area contributed by atoms with Gasteiger partial charge in [0.15, 0.2) is 0 Å². The SMILES string of the molecule is c1ccc(N(c2ccccc2-c2cccc3oc4c5ccccc5ccc4c23)c2ccccc2-n2c3ccccc3c3ccccc32)cc1. The summed E-state index contributed by atoms with van der Waals surface area (Å²) in [6, 6.07) is 64.9. The lowest BCUT2D eigenvalue weighted by molar-refractivity contribution is 0.673. The Kier molecular flexibility index (Phi) is 6.18. The highest BCUT2D eigenvalue weighted by Crippen LogP contribution is 2.47. The van der Waals surface area contributed by atoms with Crippen molar-refractivity contribution in [2.75, 3.05) is 4.90 Å². The average Bonchev–Trinajstić information content (AvgIpc) is 3.72. The molecule has 3 nitrogen and oxygen atoms in total. The van der Waals surface area contributed by atoms with E-state index in [-0.39, 0.29) is 0 Å². The van der Waals surface area contributed by atoms with Crippen molar-refractivity contribution in [2.45, 2.75) is 0 Å². The number of benzene rings is 8. The smallest absolute Gasteiger partial charge is 0.143 e. The molecule has 0 aliphatic rings. The summed E-state index contributed by atoms with van der Waals surface area (Å²) >= 11 is 0. The van der Waals surface area contributed by atoms with Gasteiger partial charge in [-0.15, -0.1) is 0 Å². The first-order valence-corrected chi connectivity index (χ1v) is 16.7. The van der Waals surface area contributed by atoms with Gasteiger partial charge in [0.2, 0.25) is 0 Å². The average molecular weight is 627 g/mol. The third-order valence-electron chi connectivity index (χ3n) is 9.78. The Hall–Kier alpha value is -6.58. The zero-order chi connectivity index (χ0) is 32.3. The zero-order valence-electron chi connectivity index (χ0n) is 26.6. The van der Waals surface area contributed by atoms with Crippen LogP contribution in [-0.4, -0.2) is 4.57 Å². The number of hydrogen-bond acceptors (Lipinski definition) is 2. The van der Waals surface area contributed by atoms with Crippen molar-refractivity contribution in [1.29, 1.82) is 0 Å². The van der Waals surface area contributed by atoms with Crippen LogP contribution >= 0.6 is 0 Å². The van der Waals surface area contributed by atoms with E-state index in [1.54, 1.807) is 0 Å². The number of anilines is 3. The van der Waals surface area contributed by atoms with E-state index in [9.17, 15) is 0 Å². The maximum atomic E-state index is 6.63.